The highest BCUT2D eigenvalue weighted by molar-refractivity contribution is 5.77. The fraction of sp³-hybridized carbons (Fsp3) is 0.579. The van der Waals surface area contributed by atoms with Crippen LogP contribution in [0.2, 0.25) is 0 Å². The summed E-state index contributed by atoms with van der Waals surface area (Å²) in [5.74, 6) is 0.184. The van der Waals surface area contributed by atoms with Gasteiger partial charge in [-0.2, -0.15) is 0 Å². The smallest absolute Gasteiger partial charge is 0.222 e. The third-order valence-electron chi connectivity index (χ3n) is 4.55. The Bertz CT molecular complexity index is 519. The molecule has 0 spiro atoms. The number of hydrogen-bond acceptors (Lipinski definition) is 3. The highest BCUT2D eigenvalue weighted by Gasteiger charge is 2.26. The predicted molar refractivity (Wildman–Crippen MR) is 95.4 cm³/mol. The van der Waals surface area contributed by atoms with Crippen molar-refractivity contribution in [2.45, 2.75) is 51.0 Å². The number of nitrogens with one attached hydrogen (secondary N) is 1. The number of piperidine rings is 1. The van der Waals surface area contributed by atoms with Crippen molar-refractivity contribution in [3.05, 3.63) is 35.9 Å². The third-order valence-corrected chi connectivity index (χ3v) is 4.55. The molecule has 1 unspecified atom stereocenters. The summed E-state index contributed by atoms with van der Waals surface area (Å²) in [5.41, 5.74) is 6.66. The van der Waals surface area contributed by atoms with Crippen LogP contribution in [0.4, 0.5) is 0 Å². The third kappa shape index (κ3) is 5.96. The standard InChI is InChI=1S/C19H29N3O2/c20-13-12-18(23)21-15-17-10-4-5-14-22(17)19(24)11-6-9-16-7-2-1-3-8-16/h1-3,7-8,17H,4-6,9-15,20H2,(H,21,23). The summed E-state index contributed by atoms with van der Waals surface area (Å²) >= 11 is 0. The lowest BCUT2D eigenvalue weighted by molar-refractivity contribution is -0.135. The van der Waals surface area contributed by atoms with E-state index in [-0.39, 0.29) is 17.9 Å². The molecular formula is C19H29N3O2. The number of hydrogen-bond donors (Lipinski definition) is 2. The van der Waals surface area contributed by atoms with Crippen LogP contribution in [0.5, 0.6) is 0 Å². The Morgan fingerprint density at radius 1 is 1.17 bits per heavy atom. The summed E-state index contributed by atoms with van der Waals surface area (Å²) in [7, 11) is 0. The number of amides is 2. The molecule has 2 rings (SSSR count). The topological polar surface area (TPSA) is 75.4 Å². The van der Waals surface area contributed by atoms with Gasteiger partial charge in [-0.25, -0.2) is 0 Å². The van der Waals surface area contributed by atoms with Crippen LogP contribution in [0.25, 0.3) is 0 Å². The second kappa shape index (κ2) is 10.1. The van der Waals surface area contributed by atoms with Gasteiger partial charge in [-0.3, -0.25) is 9.59 Å². The van der Waals surface area contributed by atoms with E-state index in [1.165, 1.54) is 5.56 Å². The van der Waals surface area contributed by atoms with Gasteiger partial charge in [-0.15, -0.1) is 0 Å². The fourth-order valence-corrected chi connectivity index (χ4v) is 3.22. The summed E-state index contributed by atoms with van der Waals surface area (Å²) in [6.45, 7) is 1.71. The molecule has 1 fully saturated rings. The van der Waals surface area contributed by atoms with Crippen LogP contribution in [0, 0.1) is 0 Å². The van der Waals surface area contributed by atoms with E-state index < -0.39 is 0 Å². The fourth-order valence-electron chi connectivity index (χ4n) is 3.22. The molecule has 1 aliphatic rings. The molecule has 0 aromatic heterocycles. The molecule has 0 radical (unpaired) electrons. The quantitative estimate of drug-likeness (QED) is 0.763. The predicted octanol–water partition coefficient (Wildman–Crippen LogP) is 1.86. The summed E-state index contributed by atoms with van der Waals surface area (Å²) in [5, 5.41) is 2.91. The Labute approximate surface area is 144 Å². The van der Waals surface area contributed by atoms with Crippen LogP contribution in [0.15, 0.2) is 30.3 Å². The molecule has 5 nitrogen and oxygen atoms in total. The molecule has 1 heterocycles. The molecule has 2 amide bonds. The van der Waals surface area contributed by atoms with Gasteiger partial charge in [0.1, 0.15) is 0 Å². The largest absolute Gasteiger partial charge is 0.354 e. The van der Waals surface area contributed by atoms with Crippen molar-refractivity contribution in [2.24, 2.45) is 5.73 Å². The van der Waals surface area contributed by atoms with Crippen molar-refractivity contribution in [2.75, 3.05) is 19.6 Å². The van der Waals surface area contributed by atoms with Crippen molar-refractivity contribution in [1.29, 1.82) is 0 Å². The zero-order chi connectivity index (χ0) is 17.2. The Morgan fingerprint density at radius 3 is 2.71 bits per heavy atom. The highest BCUT2D eigenvalue weighted by Crippen LogP contribution is 2.18. The summed E-state index contributed by atoms with van der Waals surface area (Å²) in [6.07, 6.45) is 5.85. The van der Waals surface area contributed by atoms with E-state index >= 15 is 0 Å². The number of aryl methyl sites for hydroxylation is 1. The zero-order valence-corrected chi connectivity index (χ0v) is 14.4. The summed E-state index contributed by atoms with van der Waals surface area (Å²) in [4.78, 5) is 26.1. The first-order chi connectivity index (χ1) is 11.7. The number of carbonyl (C=O) groups is 2. The lowest BCUT2D eigenvalue weighted by Gasteiger charge is -2.36. The first-order valence-corrected chi connectivity index (χ1v) is 9.01. The lowest BCUT2D eigenvalue weighted by Crippen LogP contribution is -2.49. The maximum Gasteiger partial charge on any atom is 0.222 e. The normalized spacial score (nSPS) is 17.5. The summed E-state index contributed by atoms with van der Waals surface area (Å²) in [6, 6.07) is 10.4. The average molecular weight is 331 g/mol. The Kier molecular flexibility index (Phi) is 7.75. The van der Waals surface area contributed by atoms with Gasteiger partial charge in [0.15, 0.2) is 0 Å². The number of rotatable bonds is 8. The van der Waals surface area contributed by atoms with Gasteiger partial charge in [0.25, 0.3) is 0 Å². The van der Waals surface area contributed by atoms with Gasteiger partial charge in [0.05, 0.1) is 0 Å². The molecule has 132 valence electrons. The molecule has 24 heavy (non-hydrogen) atoms. The van der Waals surface area contributed by atoms with Crippen LogP contribution in [0.1, 0.15) is 44.1 Å². The number of nitrogens with zero attached hydrogens (tertiary/aromatic N) is 1. The van der Waals surface area contributed by atoms with Gasteiger partial charge in [-0.1, -0.05) is 30.3 Å². The van der Waals surface area contributed by atoms with Gasteiger partial charge in [0.2, 0.25) is 11.8 Å². The first-order valence-electron chi connectivity index (χ1n) is 9.01. The maximum absolute atomic E-state index is 12.6. The lowest BCUT2D eigenvalue weighted by atomic mass is 10.0. The van der Waals surface area contributed by atoms with E-state index in [0.29, 0.717) is 25.9 Å². The van der Waals surface area contributed by atoms with Crippen molar-refractivity contribution in [1.82, 2.24) is 10.2 Å². The second-order valence-electron chi connectivity index (χ2n) is 6.42. The number of benzene rings is 1. The van der Waals surface area contributed by atoms with E-state index in [9.17, 15) is 9.59 Å². The van der Waals surface area contributed by atoms with Crippen LogP contribution in [-0.2, 0) is 16.0 Å². The van der Waals surface area contributed by atoms with Crippen molar-refractivity contribution in [3.8, 4) is 0 Å². The van der Waals surface area contributed by atoms with Gasteiger partial charge in [-0.05, 0) is 37.7 Å². The van der Waals surface area contributed by atoms with Gasteiger partial charge in [0, 0.05) is 38.5 Å². The van der Waals surface area contributed by atoms with Crippen LogP contribution in [-0.4, -0.2) is 42.4 Å². The molecule has 1 aromatic carbocycles. The highest BCUT2D eigenvalue weighted by atomic mass is 16.2. The van der Waals surface area contributed by atoms with E-state index in [1.54, 1.807) is 0 Å². The van der Waals surface area contributed by atoms with Crippen LogP contribution >= 0.6 is 0 Å². The zero-order valence-electron chi connectivity index (χ0n) is 14.4. The van der Waals surface area contributed by atoms with Crippen molar-refractivity contribution >= 4 is 11.8 Å². The minimum atomic E-state index is -0.0282. The SMILES string of the molecule is NCCC(=O)NCC1CCCCN1C(=O)CCCc1ccccc1. The molecule has 1 atom stereocenters. The van der Waals surface area contributed by atoms with E-state index in [2.05, 4.69) is 17.4 Å². The van der Waals surface area contributed by atoms with Gasteiger partial charge < -0.3 is 16.0 Å². The number of carbonyl (C=O) groups excluding carboxylic acids is 2. The van der Waals surface area contributed by atoms with E-state index in [4.69, 9.17) is 5.73 Å². The molecule has 0 aliphatic carbocycles. The van der Waals surface area contributed by atoms with Crippen molar-refractivity contribution < 1.29 is 9.59 Å². The minimum absolute atomic E-state index is 0.0282. The maximum atomic E-state index is 12.6. The van der Waals surface area contributed by atoms with E-state index in [0.717, 1.165) is 38.6 Å². The molecule has 1 aromatic rings. The first kappa shape index (κ1) is 18.5. The molecule has 3 N–H and O–H groups in total. The molecule has 0 saturated carbocycles. The molecule has 1 saturated heterocycles. The van der Waals surface area contributed by atoms with E-state index in [1.807, 2.05) is 23.1 Å². The Balaban J connectivity index is 1.78. The number of nitrogens with two attached hydrogens (primary N) is 1. The molecule has 1 aliphatic heterocycles. The summed E-state index contributed by atoms with van der Waals surface area (Å²) < 4.78 is 0. The number of likely N-dealkylation sites (tertiary alicyclic amines) is 1. The molecular weight excluding hydrogens is 302 g/mol. The molecule has 5 heteroatoms. The monoisotopic (exact) mass is 331 g/mol. The Hall–Kier alpha value is -1.88. The minimum Gasteiger partial charge on any atom is -0.354 e. The van der Waals surface area contributed by atoms with Crippen molar-refractivity contribution in [3.63, 3.8) is 0 Å². The Morgan fingerprint density at radius 2 is 1.96 bits per heavy atom. The average Bonchev–Trinajstić information content (AvgIpc) is 2.61. The van der Waals surface area contributed by atoms with Crippen LogP contribution in [0.3, 0.4) is 0 Å². The second-order valence-corrected chi connectivity index (χ2v) is 6.42. The van der Waals surface area contributed by atoms with Gasteiger partial charge >= 0.3 is 0 Å². The van der Waals surface area contributed by atoms with Crippen LogP contribution < -0.4 is 11.1 Å². The molecule has 0 bridgehead atoms.